The van der Waals surface area contributed by atoms with Crippen molar-refractivity contribution < 1.29 is 14.7 Å². The zero-order valence-electron chi connectivity index (χ0n) is 9.32. The van der Waals surface area contributed by atoms with Crippen LogP contribution in [-0.2, 0) is 9.59 Å². The maximum absolute atomic E-state index is 11.4. The summed E-state index contributed by atoms with van der Waals surface area (Å²) in [4.78, 5) is 23.9. The molecule has 0 bridgehead atoms. The van der Waals surface area contributed by atoms with Crippen LogP contribution in [0.2, 0.25) is 0 Å². The molecule has 0 aromatic rings. The highest BCUT2D eigenvalue weighted by Crippen LogP contribution is 2.28. The lowest BCUT2D eigenvalue weighted by Crippen LogP contribution is -2.45. The lowest BCUT2D eigenvalue weighted by atomic mass is 9.94. The Hall–Kier alpha value is -1.16. The minimum Gasteiger partial charge on any atom is -0.388 e. The second kappa shape index (κ2) is 4.37. The van der Waals surface area contributed by atoms with Crippen LogP contribution in [0.5, 0.6) is 0 Å². The molecule has 0 atom stereocenters. The van der Waals surface area contributed by atoms with E-state index in [4.69, 9.17) is 0 Å². The van der Waals surface area contributed by atoms with Crippen molar-refractivity contribution >= 4 is 11.8 Å². The van der Waals surface area contributed by atoms with Crippen LogP contribution >= 0.6 is 0 Å². The molecule has 0 aromatic heterocycles. The number of aliphatic hydroxyl groups is 1. The maximum atomic E-state index is 11.4. The van der Waals surface area contributed by atoms with Gasteiger partial charge in [0.25, 0.3) is 11.8 Å². The zero-order valence-corrected chi connectivity index (χ0v) is 9.32. The highest BCUT2D eigenvalue weighted by atomic mass is 16.3. The van der Waals surface area contributed by atoms with Gasteiger partial charge in [-0.05, 0) is 12.8 Å². The van der Waals surface area contributed by atoms with Gasteiger partial charge >= 0.3 is 0 Å². The van der Waals surface area contributed by atoms with Crippen molar-refractivity contribution in [3.05, 3.63) is 12.2 Å². The van der Waals surface area contributed by atoms with Gasteiger partial charge in [-0.2, -0.15) is 0 Å². The fourth-order valence-corrected chi connectivity index (χ4v) is 2.43. The lowest BCUT2D eigenvalue weighted by Gasteiger charge is -2.30. The molecular formula is C12H17NO3. The molecule has 0 saturated heterocycles. The summed E-state index contributed by atoms with van der Waals surface area (Å²) < 4.78 is 0. The van der Waals surface area contributed by atoms with E-state index in [2.05, 4.69) is 0 Å². The number of β-amino-alcohol motifs (C(OH)–C–C–N with tert-alkyl or cyclic N) is 1. The molecule has 0 radical (unpaired) electrons. The second-order valence-electron chi connectivity index (χ2n) is 4.73. The first-order chi connectivity index (χ1) is 7.61. The largest absolute Gasteiger partial charge is 0.388 e. The summed E-state index contributed by atoms with van der Waals surface area (Å²) in [5.74, 6) is -0.606. The first-order valence-corrected chi connectivity index (χ1v) is 5.87. The minimum absolute atomic E-state index is 0.150. The number of carbonyl (C=O) groups excluding carboxylic acids is 2. The average Bonchev–Trinajstić information content (AvgIpc) is 2.47. The van der Waals surface area contributed by atoms with Crippen molar-refractivity contribution in [2.45, 2.75) is 44.1 Å². The average molecular weight is 223 g/mol. The first-order valence-electron chi connectivity index (χ1n) is 5.87. The summed E-state index contributed by atoms with van der Waals surface area (Å²) in [6.07, 6.45) is 8.10. The van der Waals surface area contributed by atoms with Gasteiger partial charge in [-0.15, -0.1) is 0 Å². The van der Waals surface area contributed by atoms with Crippen LogP contribution in [-0.4, -0.2) is 34.0 Å². The quantitative estimate of drug-likeness (QED) is 0.561. The van der Waals surface area contributed by atoms with Crippen LogP contribution in [0.1, 0.15) is 38.5 Å². The van der Waals surface area contributed by atoms with Gasteiger partial charge in [0.05, 0.1) is 12.1 Å². The van der Waals surface area contributed by atoms with Crippen LogP contribution in [0.4, 0.5) is 0 Å². The van der Waals surface area contributed by atoms with Gasteiger partial charge in [-0.3, -0.25) is 14.5 Å². The summed E-state index contributed by atoms with van der Waals surface area (Å²) in [6, 6.07) is 0. The Balaban J connectivity index is 2.02. The van der Waals surface area contributed by atoms with E-state index in [1.54, 1.807) is 0 Å². The highest BCUT2D eigenvalue weighted by Gasteiger charge is 2.35. The fraction of sp³-hybridized carbons (Fsp3) is 0.667. The summed E-state index contributed by atoms with van der Waals surface area (Å²) in [7, 11) is 0. The standard InChI is InChI=1S/C12H17NO3/c14-10-5-6-11(15)13(10)9-12(16)7-3-1-2-4-8-12/h5-6,16H,1-4,7-9H2. The Bertz CT molecular complexity index is 309. The van der Waals surface area contributed by atoms with Crippen LogP contribution in [0.15, 0.2) is 12.2 Å². The molecule has 1 heterocycles. The maximum Gasteiger partial charge on any atom is 0.253 e. The van der Waals surface area contributed by atoms with Crippen LogP contribution < -0.4 is 0 Å². The van der Waals surface area contributed by atoms with Crippen molar-refractivity contribution in [3.8, 4) is 0 Å². The number of carbonyl (C=O) groups is 2. The van der Waals surface area contributed by atoms with Crippen LogP contribution in [0.25, 0.3) is 0 Å². The molecule has 0 spiro atoms. The van der Waals surface area contributed by atoms with Gasteiger partial charge in [0, 0.05) is 12.2 Å². The first kappa shape index (κ1) is 11.3. The monoisotopic (exact) mass is 223 g/mol. The third kappa shape index (κ3) is 2.32. The Labute approximate surface area is 94.9 Å². The van der Waals surface area contributed by atoms with Crippen molar-refractivity contribution in [2.24, 2.45) is 0 Å². The third-order valence-electron chi connectivity index (χ3n) is 3.39. The number of nitrogens with zero attached hydrogens (tertiary/aromatic N) is 1. The molecule has 4 heteroatoms. The normalized spacial score (nSPS) is 24.9. The molecule has 2 rings (SSSR count). The van der Waals surface area contributed by atoms with Gasteiger partial charge in [0.2, 0.25) is 0 Å². The van der Waals surface area contributed by atoms with Crippen LogP contribution in [0, 0.1) is 0 Å². The van der Waals surface area contributed by atoms with E-state index in [9.17, 15) is 14.7 Å². The second-order valence-corrected chi connectivity index (χ2v) is 4.73. The van der Waals surface area contributed by atoms with E-state index in [1.807, 2.05) is 0 Å². The third-order valence-corrected chi connectivity index (χ3v) is 3.39. The van der Waals surface area contributed by atoms with Gasteiger partial charge in [0.15, 0.2) is 0 Å². The fourth-order valence-electron chi connectivity index (χ4n) is 2.43. The molecule has 88 valence electrons. The molecule has 2 amide bonds. The minimum atomic E-state index is -0.867. The topological polar surface area (TPSA) is 57.6 Å². The zero-order chi connectivity index (χ0) is 11.6. The van der Waals surface area contributed by atoms with Crippen molar-refractivity contribution in [2.75, 3.05) is 6.54 Å². The summed E-state index contributed by atoms with van der Waals surface area (Å²) in [5, 5.41) is 10.4. The van der Waals surface area contributed by atoms with E-state index in [1.165, 1.54) is 12.2 Å². The van der Waals surface area contributed by atoms with Gasteiger partial charge in [-0.25, -0.2) is 0 Å². The number of amides is 2. The summed E-state index contributed by atoms with van der Waals surface area (Å²) in [6.45, 7) is 0.150. The predicted molar refractivity (Wildman–Crippen MR) is 58.5 cm³/mol. The molecule has 1 fully saturated rings. The van der Waals surface area contributed by atoms with Gasteiger partial charge in [0.1, 0.15) is 0 Å². The van der Waals surface area contributed by atoms with Gasteiger partial charge < -0.3 is 5.11 Å². The van der Waals surface area contributed by atoms with Crippen LogP contribution in [0.3, 0.4) is 0 Å². The van der Waals surface area contributed by atoms with E-state index >= 15 is 0 Å². The Morgan fingerprint density at radius 3 is 2.06 bits per heavy atom. The Kier molecular flexibility index (Phi) is 3.10. The molecule has 0 aromatic carbocycles. The van der Waals surface area contributed by atoms with Crippen molar-refractivity contribution in [1.29, 1.82) is 0 Å². The van der Waals surface area contributed by atoms with E-state index in [0.29, 0.717) is 12.8 Å². The molecule has 1 saturated carbocycles. The van der Waals surface area contributed by atoms with E-state index < -0.39 is 5.60 Å². The number of rotatable bonds is 2. The van der Waals surface area contributed by atoms with Crippen molar-refractivity contribution in [3.63, 3.8) is 0 Å². The number of imide groups is 1. The van der Waals surface area contributed by atoms with Gasteiger partial charge in [-0.1, -0.05) is 25.7 Å². The lowest BCUT2D eigenvalue weighted by molar-refractivity contribution is -0.141. The van der Waals surface area contributed by atoms with E-state index in [0.717, 1.165) is 30.6 Å². The SMILES string of the molecule is O=C1C=CC(=O)N1CC1(O)CCCCCC1. The van der Waals surface area contributed by atoms with E-state index in [-0.39, 0.29) is 18.4 Å². The molecule has 0 unspecified atom stereocenters. The molecular weight excluding hydrogens is 206 g/mol. The number of hydrogen-bond donors (Lipinski definition) is 1. The predicted octanol–water partition coefficient (Wildman–Crippen LogP) is 0.997. The number of hydrogen-bond acceptors (Lipinski definition) is 3. The summed E-state index contributed by atoms with van der Waals surface area (Å²) >= 11 is 0. The molecule has 4 nitrogen and oxygen atoms in total. The molecule has 1 aliphatic heterocycles. The Morgan fingerprint density at radius 1 is 1.06 bits per heavy atom. The molecule has 16 heavy (non-hydrogen) atoms. The Morgan fingerprint density at radius 2 is 1.56 bits per heavy atom. The summed E-state index contributed by atoms with van der Waals surface area (Å²) in [5.41, 5.74) is -0.867. The van der Waals surface area contributed by atoms with Crippen molar-refractivity contribution in [1.82, 2.24) is 4.90 Å². The molecule has 1 N–H and O–H groups in total. The molecule has 2 aliphatic rings. The molecule has 1 aliphatic carbocycles. The smallest absolute Gasteiger partial charge is 0.253 e. The highest BCUT2D eigenvalue weighted by molar-refractivity contribution is 6.12.